The number of amides is 2. The molecule has 0 aromatic carbocycles. The molecule has 1 fully saturated rings. The Hall–Kier alpha value is -1.79. The van der Waals surface area contributed by atoms with Gasteiger partial charge in [-0.3, -0.25) is 9.59 Å². The summed E-state index contributed by atoms with van der Waals surface area (Å²) in [4.78, 5) is 28.0. The third kappa shape index (κ3) is 3.36. The fourth-order valence-corrected chi connectivity index (χ4v) is 2.17. The zero-order valence-corrected chi connectivity index (χ0v) is 11.3. The van der Waals surface area contributed by atoms with Crippen LogP contribution in [0.15, 0.2) is 5.11 Å². The van der Waals surface area contributed by atoms with Gasteiger partial charge in [0.25, 0.3) is 0 Å². The molecule has 0 aromatic rings. The van der Waals surface area contributed by atoms with Gasteiger partial charge in [0.2, 0.25) is 11.8 Å². The number of carbonyl (C=O) groups is 2. The number of hydrogen-bond acceptors (Lipinski definition) is 4. The molecule has 0 radical (unpaired) electrons. The van der Waals surface area contributed by atoms with Gasteiger partial charge >= 0.3 is 0 Å². The minimum absolute atomic E-state index is 0.0844. The molecule has 0 bridgehead atoms. The molecule has 0 saturated carbocycles. The van der Waals surface area contributed by atoms with E-state index in [0.717, 1.165) is 0 Å². The molecule has 3 atom stereocenters. The molecule has 19 heavy (non-hydrogen) atoms. The van der Waals surface area contributed by atoms with Crippen LogP contribution in [0.5, 0.6) is 0 Å². The summed E-state index contributed by atoms with van der Waals surface area (Å²) in [6.07, 6.45) is -0.530. The molecule has 1 rings (SSSR count). The van der Waals surface area contributed by atoms with Crippen molar-refractivity contribution in [3.8, 4) is 0 Å². The number of nitrogens with one attached hydrogen (secondary N) is 1. The zero-order chi connectivity index (χ0) is 14.6. The van der Waals surface area contributed by atoms with Crippen molar-refractivity contribution in [2.45, 2.75) is 38.5 Å². The normalized spacial score (nSPS) is 23.9. The van der Waals surface area contributed by atoms with E-state index in [2.05, 4.69) is 15.3 Å². The second kappa shape index (κ2) is 6.40. The van der Waals surface area contributed by atoms with Gasteiger partial charge in [0.1, 0.15) is 12.1 Å². The van der Waals surface area contributed by atoms with E-state index in [1.54, 1.807) is 13.8 Å². The van der Waals surface area contributed by atoms with E-state index in [9.17, 15) is 14.7 Å². The van der Waals surface area contributed by atoms with E-state index in [1.165, 1.54) is 11.9 Å². The maximum atomic E-state index is 12.3. The van der Waals surface area contributed by atoms with Gasteiger partial charge in [-0.2, -0.15) is 0 Å². The highest BCUT2D eigenvalue weighted by molar-refractivity contribution is 5.90. The summed E-state index contributed by atoms with van der Waals surface area (Å²) in [5.41, 5.74) is 8.51. The van der Waals surface area contributed by atoms with Crippen LogP contribution in [0.25, 0.3) is 10.4 Å². The lowest BCUT2D eigenvalue weighted by Crippen LogP contribution is -2.49. The predicted octanol–water partition coefficient (Wildman–Crippen LogP) is 0.0291. The van der Waals surface area contributed by atoms with E-state index in [1.807, 2.05) is 0 Å². The molecule has 0 aromatic heterocycles. The number of hydrogen-bond donors (Lipinski definition) is 2. The quantitative estimate of drug-likeness (QED) is 0.425. The Morgan fingerprint density at radius 2 is 2.16 bits per heavy atom. The molecule has 1 aliphatic heterocycles. The van der Waals surface area contributed by atoms with Crippen molar-refractivity contribution in [2.24, 2.45) is 11.0 Å². The van der Waals surface area contributed by atoms with Gasteiger partial charge in [-0.15, -0.1) is 0 Å². The van der Waals surface area contributed by atoms with E-state index in [-0.39, 0.29) is 24.8 Å². The summed E-state index contributed by atoms with van der Waals surface area (Å²) in [6.45, 7) is 3.61. The number of β-amino-alcohol motifs (C(OH)–C–C–N with tert-alkyl or cyclic N) is 1. The first-order valence-corrected chi connectivity index (χ1v) is 6.16. The first kappa shape index (κ1) is 15.3. The Labute approximate surface area is 111 Å². The molecule has 8 heteroatoms. The van der Waals surface area contributed by atoms with Crippen LogP contribution in [0, 0.1) is 5.92 Å². The molecule has 0 spiro atoms. The van der Waals surface area contributed by atoms with Crippen LogP contribution in [-0.2, 0) is 9.59 Å². The largest absolute Gasteiger partial charge is 0.391 e. The molecule has 1 unspecified atom stereocenters. The first-order valence-electron chi connectivity index (χ1n) is 6.16. The Balaban J connectivity index is 2.95. The Kier molecular flexibility index (Phi) is 5.14. The number of azide groups is 1. The molecule has 2 N–H and O–H groups in total. The summed E-state index contributed by atoms with van der Waals surface area (Å²) >= 11 is 0. The summed E-state index contributed by atoms with van der Waals surface area (Å²) in [5, 5.41) is 15.6. The van der Waals surface area contributed by atoms with E-state index in [4.69, 9.17) is 5.53 Å². The minimum atomic E-state index is -0.859. The van der Waals surface area contributed by atoms with Gasteiger partial charge in [-0.25, -0.2) is 0 Å². The fraction of sp³-hybridized carbons (Fsp3) is 0.818. The van der Waals surface area contributed by atoms with Crippen molar-refractivity contribution in [1.29, 1.82) is 0 Å². The Bertz CT molecular complexity index is 405. The summed E-state index contributed by atoms with van der Waals surface area (Å²) in [6, 6.07) is -1.56. The van der Waals surface area contributed by atoms with Crippen molar-refractivity contribution in [1.82, 2.24) is 10.2 Å². The third-order valence-electron chi connectivity index (χ3n) is 3.17. The molecule has 106 valence electrons. The molecule has 1 aliphatic rings. The number of likely N-dealkylation sites (tertiary alicyclic amines) is 1. The Morgan fingerprint density at radius 3 is 2.63 bits per heavy atom. The number of nitrogens with zero attached hydrogens (tertiary/aromatic N) is 4. The molecule has 1 heterocycles. The van der Waals surface area contributed by atoms with E-state index >= 15 is 0 Å². The number of likely N-dealkylation sites (N-methyl/N-ethyl adjacent to an activating group) is 1. The van der Waals surface area contributed by atoms with Crippen LogP contribution < -0.4 is 5.32 Å². The average Bonchev–Trinajstić information content (AvgIpc) is 2.76. The smallest absolute Gasteiger partial charge is 0.242 e. The number of aliphatic hydroxyl groups excluding tert-OH is 1. The van der Waals surface area contributed by atoms with E-state index in [0.29, 0.717) is 0 Å². The van der Waals surface area contributed by atoms with Crippen LogP contribution >= 0.6 is 0 Å². The molecular weight excluding hydrogens is 250 g/mol. The van der Waals surface area contributed by atoms with Crippen LogP contribution in [0.2, 0.25) is 0 Å². The van der Waals surface area contributed by atoms with E-state index < -0.39 is 24.1 Å². The van der Waals surface area contributed by atoms with Crippen molar-refractivity contribution in [3.63, 3.8) is 0 Å². The fourth-order valence-electron chi connectivity index (χ4n) is 2.17. The Morgan fingerprint density at radius 1 is 1.53 bits per heavy atom. The number of rotatable bonds is 4. The highest BCUT2D eigenvalue weighted by Crippen LogP contribution is 2.22. The summed E-state index contributed by atoms with van der Waals surface area (Å²) < 4.78 is 0. The maximum Gasteiger partial charge on any atom is 0.242 e. The van der Waals surface area contributed by atoms with Gasteiger partial charge in [0.05, 0.1) is 6.10 Å². The van der Waals surface area contributed by atoms with Crippen molar-refractivity contribution >= 4 is 11.8 Å². The summed E-state index contributed by atoms with van der Waals surface area (Å²) in [5.74, 6) is -0.919. The molecule has 0 aliphatic carbocycles. The molecular formula is C11H19N5O3. The minimum Gasteiger partial charge on any atom is -0.391 e. The van der Waals surface area contributed by atoms with Gasteiger partial charge in [0, 0.05) is 24.9 Å². The second-order valence-corrected chi connectivity index (χ2v) is 4.90. The van der Waals surface area contributed by atoms with Crippen LogP contribution in [0.4, 0.5) is 0 Å². The lowest BCUT2D eigenvalue weighted by Gasteiger charge is -2.27. The lowest BCUT2D eigenvalue weighted by atomic mass is 10.0. The monoisotopic (exact) mass is 269 g/mol. The predicted molar refractivity (Wildman–Crippen MR) is 68.0 cm³/mol. The molecule has 2 amide bonds. The van der Waals surface area contributed by atoms with Crippen LogP contribution in [0.3, 0.4) is 0 Å². The molecule has 8 nitrogen and oxygen atoms in total. The van der Waals surface area contributed by atoms with Crippen LogP contribution in [0.1, 0.15) is 20.3 Å². The average molecular weight is 269 g/mol. The van der Waals surface area contributed by atoms with Gasteiger partial charge < -0.3 is 15.3 Å². The molecule has 1 saturated heterocycles. The SMILES string of the molecule is CNC(=O)[C@@H]1C[C@@H](O)CN1C(=O)C(N=[N+]=[N-])C(C)C. The first-order chi connectivity index (χ1) is 8.92. The highest BCUT2D eigenvalue weighted by Gasteiger charge is 2.41. The third-order valence-corrected chi connectivity index (χ3v) is 3.17. The van der Waals surface area contributed by atoms with Crippen molar-refractivity contribution in [3.05, 3.63) is 10.4 Å². The maximum absolute atomic E-state index is 12.3. The van der Waals surface area contributed by atoms with Gasteiger partial charge in [0.15, 0.2) is 0 Å². The van der Waals surface area contributed by atoms with Crippen LogP contribution in [-0.4, -0.2) is 53.6 Å². The van der Waals surface area contributed by atoms with Crippen molar-refractivity contribution in [2.75, 3.05) is 13.6 Å². The van der Waals surface area contributed by atoms with Gasteiger partial charge in [-0.05, 0) is 11.4 Å². The number of carbonyl (C=O) groups excluding carboxylic acids is 2. The zero-order valence-electron chi connectivity index (χ0n) is 11.3. The summed E-state index contributed by atoms with van der Waals surface area (Å²) in [7, 11) is 1.48. The highest BCUT2D eigenvalue weighted by atomic mass is 16.3. The number of aliphatic hydroxyl groups is 1. The lowest BCUT2D eigenvalue weighted by molar-refractivity contribution is -0.140. The second-order valence-electron chi connectivity index (χ2n) is 4.90. The standard InChI is InChI=1S/C11H19N5O3/c1-6(2)9(14-15-12)11(19)16-5-7(17)4-8(16)10(18)13-3/h6-9,17H,4-5H2,1-3H3,(H,13,18)/t7-,8+,9?/m1/s1. The topological polar surface area (TPSA) is 118 Å². The van der Waals surface area contributed by atoms with Crippen molar-refractivity contribution < 1.29 is 14.7 Å². The van der Waals surface area contributed by atoms with Gasteiger partial charge in [-0.1, -0.05) is 19.0 Å².